The summed E-state index contributed by atoms with van der Waals surface area (Å²) in [5, 5.41) is 3.28. The molecule has 0 unspecified atom stereocenters. The van der Waals surface area contributed by atoms with Crippen LogP contribution < -0.4 is 15.0 Å². The standard InChI is InChI=1S/C24H27F2N3O4/c1-23(2,3)33-21(30)15-6-5-14(29-10-9-28-24(7-8-24)22(29)31)11-16(15)17-12-18(20(25)26)27-13-19(17)32-4/h5-6,11-13,20,28H,7-10H2,1-4H3. The Balaban J connectivity index is 1.85. The number of ether oxygens (including phenoxy) is 2. The molecule has 1 spiro atoms. The zero-order valence-electron chi connectivity index (χ0n) is 19.1. The van der Waals surface area contributed by atoms with E-state index in [1.807, 2.05) is 0 Å². The number of piperazine rings is 1. The lowest BCUT2D eigenvalue weighted by atomic mass is 9.97. The van der Waals surface area contributed by atoms with Gasteiger partial charge in [-0.05, 0) is 57.9 Å². The highest BCUT2D eigenvalue weighted by molar-refractivity contribution is 6.05. The second-order valence-corrected chi connectivity index (χ2v) is 9.31. The first-order chi connectivity index (χ1) is 15.5. The van der Waals surface area contributed by atoms with Crippen LogP contribution in [0.1, 0.15) is 56.1 Å². The topological polar surface area (TPSA) is 80.8 Å². The van der Waals surface area contributed by atoms with Gasteiger partial charge in [0.15, 0.2) is 0 Å². The first kappa shape index (κ1) is 23.1. The van der Waals surface area contributed by atoms with Gasteiger partial charge in [0.1, 0.15) is 17.0 Å². The van der Waals surface area contributed by atoms with Gasteiger partial charge in [0.2, 0.25) is 5.91 Å². The molecule has 2 fully saturated rings. The highest BCUT2D eigenvalue weighted by atomic mass is 19.3. The van der Waals surface area contributed by atoms with Crippen molar-refractivity contribution < 1.29 is 27.8 Å². The van der Waals surface area contributed by atoms with E-state index >= 15 is 0 Å². The van der Waals surface area contributed by atoms with Crippen LogP contribution in [0.15, 0.2) is 30.5 Å². The molecule has 2 heterocycles. The van der Waals surface area contributed by atoms with Crippen LogP contribution in [-0.2, 0) is 9.53 Å². The quantitative estimate of drug-likeness (QED) is 0.678. The maximum Gasteiger partial charge on any atom is 0.339 e. The van der Waals surface area contributed by atoms with Gasteiger partial charge in [-0.15, -0.1) is 0 Å². The Morgan fingerprint density at radius 1 is 1.21 bits per heavy atom. The fourth-order valence-corrected chi connectivity index (χ4v) is 3.99. The molecule has 1 aromatic heterocycles. The number of halogens is 2. The minimum absolute atomic E-state index is 0.0281. The average Bonchev–Trinajstić information content (AvgIpc) is 3.54. The number of anilines is 1. The maximum absolute atomic E-state index is 13.4. The Hall–Kier alpha value is -3.07. The van der Waals surface area contributed by atoms with Crippen molar-refractivity contribution in [2.45, 2.75) is 51.2 Å². The van der Waals surface area contributed by atoms with Crippen LogP contribution >= 0.6 is 0 Å². The summed E-state index contributed by atoms with van der Waals surface area (Å²) in [4.78, 5) is 31.5. The summed E-state index contributed by atoms with van der Waals surface area (Å²) in [6.45, 7) is 6.34. The summed E-state index contributed by atoms with van der Waals surface area (Å²) in [6, 6.07) is 6.11. The molecule has 2 aliphatic rings. The van der Waals surface area contributed by atoms with E-state index in [1.165, 1.54) is 19.4 Å². The van der Waals surface area contributed by atoms with E-state index in [4.69, 9.17) is 9.47 Å². The second kappa shape index (κ2) is 8.37. The lowest BCUT2D eigenvalue weighted by Gasteiger charge is -2.34. The van der Waals surface area contributed by atoms with Gasteiger partial charge >= 0.3 is 5.97 Å². The summed E-state index contributed by atoms with van der Waals surface area (Å²) in [6.07, 6.45) is -0.0352. The highest BCUT2D eigenvalue weighted by Gasteiger charge is 2.53. The molecule has 1 N–H and O–H groups in total. The third-order valence-electron chi connectivity index (χ3n) is 5.76. The molecule has 1 aliphatic carbocycles. The smallest absolute Gasteiger partial charge is 0.339 e. The van der Waals surface area contributed by atoms with Gasteiger partial charge in [-0.1, -0.05) is 0 Å². The Bertz CT molecular complexity index is 1090. The molecular weight excluding hydrogens is 432 g/mol. The number of aromatic nitrogens is 1. The Kier molecular flexibility index (Phi) is 5.86. The predicted molar refractivity (Wildman–Crippen MR) is 119 cm³/mol. The van der Waals surface area contributed by atoms with E-state index in [0.29, 0.717) is 24.3 Å². The summed E-state index contributed by atoms with van der Waals surface area (Å²) in [5.41, 5.74) is -0.347. The van der Waals surface area contributed by atoms with Crippen LogP contribution in [0.3, 0.4) is 0 Å². The van der Waals surface area contributed by atoms with Crippen molar-refractivity contribution in [3.8, 4) is 16.9 Å². The summed E-state index contributed by atoms with van der Waals surface area (Å²) in [7, 11) is 1.40. The zero-order valence-corrected chi connectivity index (χ0v) is 19.1. The van der Waals surface area contributed by atoms with Crippen molar-refractivity contribution in [1.29, 1.82) is 0 Å². The molecule has 9 heteroatoms. The Morgan fingerprint density at radius 2 is 1.94 bits per heavy atom. The number of pyridine rings is 1. The first-order valence-electron chi connectivity index (χ1n) is 10.8. The van der Waals surface area contributed by atoms with Crippen molar-refractivity contribution >= 4 is 17.6 Å². The molecule has 1 aromatic carbocycles. The number of nitrogens with one attached hydrogen (secondary N) is 1. The number of amides is 1. The number of nitrogens with zero attached hydrogens (tertiary/aromatic N) is 2. The van der Waals surface area contributed by atoms with Crippen molar-refractivity contribution in [3.63, 3.8) is 0 Å². The fourth-order valence-electron chi connectivity index (χ4n) is 3.99. The van der Waals surface area contributed by atoms with E-state index in [0.717, 1.165) is 12.8 Å². The number of methoxy groups -OCH3 is 1. The Morgan fingerprint density at radius 3 is 2.55 bits per heavy atom. The minimum atomic E-state index is -2.80. The molecule has 0 bridgehead atoms. The minimum Gasteiger partial charge on any atom is -0.494 e. The Labute approximate surface area is 191 Å². The third-order valence-corrected chi connectivity index (χ3v) is 5.76. The molecule has 1 saturated carbocycles. The third kappa shape index (κ3) is 4.55. The van der Waals surface area contributed by atoms with Crippen LogP contribution in [0, 0.1) is 0 Å². The number of hydrogen-bond donors (Lipinski definition) is 1. The largest absolute Gasteiger partial charge is 0.494 e. The van der Waals surface area contributed by atoms with Crippen LogP contribution in [0.25, 0.3) is 11.1 Å². The molecule has 0 radical (unpaired) electrons. The van der Waals surface area contributed by atoms with Gasteiger partial charge in [0, 0.05) is 29.9 Å². The van der Waals surface area contributed by atoms with Gasteiger partial charge in [0.05, 0.1) is 24.4 Å². The molecule has 0 atom stereocenters. The molecule has 33 heavy (non-hydrogen) atoms. The monoisotopic (exact) mass is 459 g/mol. The van der Waals surface area contributed by atoms with Crippen molar-refractivity contribution in [3.05, 3.63) is 41.7 Å². The highest BCUT2D eigenvalue weighted by Crippen LogP contribution is 2.42. The van der Waals surface area contributed by atoms with Gasteiger partial charge in [-0.3, -0.25) is 9.78 Å². The number of carbonyl (C=O) groups is 2. The van der Waals surface area contributed by atoms with Gasteiger partial charge < -0.3 is 19.7 Å². The van der Waals surface area contributed by atoms with E-state index in [9.17, 15) is 18.4 Å². The fraction of sp³-hybridized carbons (Fsp3) is 0.458. The molecule has 176 valence electrons. The van der Waals surface area contributed by atoms with Crippen molar-refractivity contribution in [1.82, 2.24) is 10.3 Å². The van der Waals surface area contributed by atoms with Gasteiger partial charge in [-0.2, -0.15) is 0 Å². The van der Waals surface area contributed by atoms with Crippen LogP contribution in [0.4, 0.5) is 14.5 Å². The van der Waals surface area contributed by atoms with Crippen LogP contribution in [0.2, 0.25) is 0 Å². The predicted octanol–water partition coefficient (Wildman–Crippen LogP) is 4.12. The number of hydrogen-bond acceptors (Lipinski definition) is 6. The van der Waals surface area contributed by atoms with Crippen molar-refractivity contribution in [2.24, 2.45) is 0 Å². The molecular formula is C24H27F2N3O4. The summed E-state index contributed by atoms with van der Waals surface area (Å²) in [5.74, 6) is -0.404. The van der Waals surface area contributed by atoms with E-state index < -0.39 is 29.2 Å². The molecule has 1 amide bonds. The lowest BCUT2D eigenvalue weighted by molar-refractivity contribution is -0.122. The second-order valence-electron chi connectivity index (χ2n) is 9.31. The van der Waals surface area contributed by atoms with Gasteiger partial charge in [-0.25, -0.2) is 13.6 Å². The number of alkyl halides is 2. The SMILES string of the molecule is COc1cnc(C(F)F)cc1-c1cc(N2CCNC3(CC3)C2=O)ccc1C(=O)OC(C)(C)C. The van der Waals surface area contributed by atoms with E-state index in [-0.39, 0.29) is 22.8 Å². The number of rotatable bonds is 5. The average molecular weight is 459 g/mol. The number of carbonyl (C=O) groups excluding carboxylic acids is 2. The summed E-state index contributed by atoms with van der Waals surface area (Å²) >= 11 is 0. The number of esters is 1. The molecule has 1 aliphatic heterocycles. The number of benzene rings is 1. The van der Waals surface area contributed by atoms with E-state index in [2.05, 4.69) is 10.3 Å². The van der Waals surface area contributed by atoms with E-state index in [1.54, 1.807) is 43.9 Å². The molecule has 4 rings (SSSR count). The summed E-state index contributed by atoms with van der Waals surface area (Å²) < 4.78 is 37.8. The lowest BCUT2D eigenvalue weighted by Crippen LogP contribution is -2.57. The molecule has 1 saturated heterocycles. The molecule has 7 nitrogen and oxygen atoms in total. The van der Waals surface area contributed by atoms with Crippen molar-refractivity contribution in [2.75, 3.05) is 25.1 Å². The molecule has 2 aromatic rings. The van der Waals surface area contributed by atoms with Gasteiger partial charge in [0.25, 0.3) is 6.43 Å². The van der Waals surface area contributed by atoms with Crippen LogP contribution in [0.5, 0.6) is 5.75 Å². The normalized spacial score (nSPS) is 17.4. The maximum atomic E-state index is 13.4. The van der Waals surface area contributed by atoms with Crippen LogP contribution in [-0.4, -0.2) is 48.2 Å². The zero-order chi connectivity index (χ0) is 24.0. The first-order valence-corrected chi connectivity index (χ1v) is 10.8.